The molecule has 0 N–H and O–H groups in total. The summed E-state index contributed by atoms with van der Waals surface area (Å²) in [6.07, 6.45) is 2.96. The van der Waals surface area contributed by atoms with Crippen molar-refractivity contribution in [2.45, 2.75) is 46.1 Å². The summed E-state index contributed by atoms with van der Waals surface area (Å²) in [5, 5.41) is 0. The van der Waals surface area contributed by atoms with Crippen molar-refractivity contribution in [3.63, 3.8) is 0 Å². The van der Waals surface area contributed by atoms with E-state index in [9.17, 15) is 9.59 Å². The average molecular weight is 308 g/mol. The molecule has 0 saturated carbocycles. The van der Waals surface area contributed by atoms with Crippen molar-refractivity contribution < 1.29 is 19.1 Å². The predicted octanol–water partition coefficient (Wildman–Crippen LogP) is 2.89. The van der Waals surface area contributed by atoms with E-state index in [1.165, 1.54) is 0 Å². The summed E-state index contributed by atoms with van der Waals surface area (Å²) < 4.78 is 12.3. The van der Waals surface area contributed by atoms with Crippen LogP contribution in [0.15, 0.2) is 6.20 Å². The Bertz CT molecular complexity index is 584. The summed E-state index contributed by atoms with van der Waals surface area (Å²) in [5.41, 5.74) is 1.57. The van der Waals surface area contributed by atoms with Gasteiger partial charge in [0.05, 0.1) is 12.3 Å². The first-order valence-electron chi connectivity index (χ1n) is 7.60. The summed E-state index contributed by atoms with van der Waals surface area (Å²) in [6, 6.07) is 0. The van der Waals surface area contributed by atoms with Gasteiger partial charge in [-0.1, -0.05) is 0 Å². The molecule has 0 spiro atoms. The van der Waals surface area contributed by atoms with Gasteiger partial charge < -0.3 is 14.0 Å². The first-order chi connectivity index (χ1) is 10.2. The fourth-order valence-corrected chi connectivity index (χ4v) is 2.65. The smallest absolute Gasteiger partial charge is 0.414 e. The number of nitrogens with zero attached hydrogens (tertiary/aromatic N) is 2. The van der Waals surface area contributed by atoms with Crippen LogP contribution in [-0.2, 0) is 22.9 Å². The molecule has 0 saturated heterocycles. The Morgan fingerprint density at radius 2 is 2.00 bits per heavy atom. The topological polar surface area (TPSA) is 60.8 Å². The van der Waals surface area contributed by atoms with Crippen molar-refractivity contribution in [3.05, 3.63) is 17.5 Å². The van der Waals surface area contributed by atoms with Crippen molar-refractivity contribution >= 4 is 17.7 Å². The number of aryl methyl sites for hydroxylation is 1. The Hall–Kier alpha value is -1.98. The lowest BCUT2D eigenvalue weighted by Crippen LogP contribution is -2.39. The second-order valence-corrected chi connectivity index (χ2v) is 6.41. The number of carbonyl (C=O) groups excluding carboxylic acids is 2. The normalized spacial score (nSPS) is 14.5. The molecule has 6 heteroatoms. The number of amides is 1. The van der Waals surface area contributed by atoms with E-state index >= 15 is 0 Å². The average Bonchev–Trinajstić information content (AvgIpc) is 2.72. The van der Waals surface area contributed by atoms with Crippen LogP contribution in [-0.4, -0.2) is 35.4 Å². The number of fused-ring (bicyclic) bond motifs is 1. The molecule has 0 unspecified atom stereocenters. The largest absolute Gasteiger partial charge is 0.461 e. The molecular formula is C16H24N2O4. The van der Waals surface area contributed by atoms with Gasteiger partial charge in [0.1, 0.15) is 11.3 Å². The van der Waals surface area contributed by atoms with Gasteiger partial charge in [0.25, 0.3) is 0 Å². The van der Waals surface area contributed by atoms with Crippen molar-refractivity contribution in [2.75, 3.05) is 18.1 Å². The predicted molar refractivity (Wildman–Crippen MR) is 83.3 cm³/mol. The first kappa shape index (κ1) is 16.4. The number of hydrogen-bond acceptors (Lipinski definition) is 4. The van der Waals surface area contributed by atoms with Crippen LogP contribution in [0.5, 0.6) is 0 Å². The van der Waals surface area contributed by atoms with Crippen molar-refractivity contribution in [2.24, 2.45) is 7.05 Å². The zero-order valence-corrected chi connectivity index (χ0v) is 13.9. The molecule has 0 radical (unpaired) electrons. The van der Waals surface area contributed by atoms with E-state index in [2.05, 4.69) is 0 Å². The van der Waals surface area contributed by atoms with E-state index in [0.29, 0.717) is 18.8 Å². The van der Waals surface area contributed by atoms with Gasteiger partial charge in [-0.05, 0) is 40.5 Å². The van der Waals surface area contributed by atoms with Crippen LogP contribution >= 0.6 is 0 Å². The number of hydrogen-bond donors (Lipinski definition) is 0. The molecule has 6 nitrogen and oxygen atoms in total. The van der Waals surface area contributed by atoms with Gasteiger partial charge in [0, 0.05) is 25.4 Å². The highest BCUT2D eigenvalue weighted by molar-refractivity contribution is 5.96. The Labute approximate surface area is 131 Å². The highest BCUT2D eigenvalue weighted by atomic mass is 16.6. The Morgan fingerprint density at radius 1 is 1.32 bits per heavy atom. The summed E-state index contributed by atoms with van der Waals surface area (Å²) in [5.74, 6) is -0.350. The van der Waals surface area contributed by atoms with Gasteiger partial charge >= 0.3 is 12.1 Å². The minimum atomic E-state index is -0.548. The molecule has 1 aromatic heterocycles. The number of carbonyl (C=O) groups is 2. The maximum absolute atomic E-state index is 12.4. The lowest BCUT2D eigenvalue weighted by Gasteiger charge is -2.30. The van der Waals surface area contributed by atoms with E-state index in [1.807, 2.05) is 20.8 Å². The monoisotopic (exact) mass is 308 g/mol. The highest BCUT2D eigenvalue weighted by Crippen LogP contribution is 2.32. The standard InChI is InChI=1S/C16H24N2O4/c1-6-21-14(19)13-11-8-7-9-18(12(11)10-17(13)5)15(20)22-16(2,3)4/h10H,6-9H2,1-5H3. The Kier molecular flexibility index (Phi) is 4.49. The first-order valence-corrected chi connectivity index (χ1v) is 7.60. The molecule has 0 atom stereocenters. The minimum Gasteiger partial charge on any atom is -0.461 e. The third-order valence-corrected chi connectivity index (χ3v) is 3.45. The van der Waals surface area contributed by atoms with Gasteiger partial charge in [-0.25, -0.2) is 9.59 Å². The third kappa shape index (κ3) is 3.26. The summed E-state index contributed by atoms with van der Waals surface area (Å²) >= 11 is 0. The lowest BCUT2D eigenvalue weighted by atomic mass is 10.0. The van der Waals surface area contributed by atoms with Gasteiger partial charge in [-0.2, -0.15) is 0 Å². The van der Waals surface area contributed by atoms with E-state index in [4.69, 9.17) is 9.47 Å². The number of ether oxygens (including phenoxy) is 2. The summed E-state index contributed by atoms with van der Waals surface area (Å²) in [4.78, 5) is 26.1. The van der Waals surface area contributed by atoms with E-state index < -0.39 is 5.60 Å². The highest BCUT2D eigenvalue weighted by Gasteiger charge is 2.32. The molecule has 1 amide bonds. The second-order valence-electron chi connectivity index (χ2n) is 6.41. The van der Waals surface area contributed by atoms with Crippen LogP contribution in [0.1, 0.15) is 50.2 Å². The van der Waals surface area contributed by atoms with Crippen LogP contribution in [0.4, 0.5) is 10.5 Å². The van der Waals surface area contributed by atoms with Crippen LogP contribution in [0.2, 0.25) is 0 Å². The Balaban J connectivity index is 2.34. The van der Waals surface area contributed by atoms with E-state index in [0.717, 1.165) is 24.1 Å². The van der Waals surface area contributed by atoms with Crippen molar-refractivity contribution in [1.29, 1.82) is 0 Å². The molecule has 0 fully saturated rings. The number of anilines is 1. The van der Waals surface area contributed by atoms with Crippen LogP contribution in [0, 0.1) is 0 Å². The SMILES string of the molecule is CCOC(=O)c1c2c(cn1C)N(C(=O)OC(C)(C)C)CCC2. The molecule has 1 aliphatic heterocycles. The van der Waals surface area contributed by atoms with Gasteiger partial charge in [0.15, 0.2) is 0 Å². The van der Waals surface area contributed by atoms with Crippen molar-refractivity contribution in [1.82, 2.24) is 4.57 Å². The quantitative estimate of drug-likeness (QED) is 0.788. The molecule has 0 bridgehead atoms. The summed E-state index contributed by atoms with van der Waals surface area (Å²) in [6.45, 7) is 8.21. The second kappa shape index (κ2) is 6.02. The van der Waals surface area contributed by atoms with E-state index in [-0.39, 0.29) is 12.1 Å². The van der Waals surface area contributed by atoms with Crippen LogP contribution in [0.25, 0.3) is 0 Å². The summed E-state index contributed by atoms with van der Waals surface area (Å²) in [7, 11) is 1.79. The molecule has 122 valence electrons. The van der Waals surface area contributed by atoms with Gasteiger partial charge in [0.2, 0.25) is 0 Å². The maximum Gasteiger partial charge on any atom is 0.414 e. The zero-order chi connectivity index (χ0) is 16.5. The minimum absolute atomic E-state index is 0.328. The van der Waals surface area contributed by atoms with Gasteiger partial charge in [-0.3, -0.25) is 4.90 Å². The van der Waals surface area contributed by atoms with Crippen LogP contribution < -0.4 is 4.90 Å². The molecule has 2 rings (SSSR count). The third-order valence-electron chi connectivity index (χ3n) is 3.45. The molecule has 0 aromatic carbocycles. The zero-order valence-electron chi connectivity index (χ0n) is 13.9. The van der Waals surface area contributed by atoms with Gasteiger partial charge in [-0.15, -0.1) is 0 Å². The Morgan fingerprint density at radius 3 is 2.59 bits per heavy atom. The fourth-order valence-electron chi connectivity index (χ4n) is 2.65. The van der Waals surface area contributed by atoms with E-state index in [1.54, 1.807) is 29.6 Å². The fraction of sp³-hybridized carbons (Fsp3) is 0.625. The number of rotatable bonds is 2. The maximum atomic E-state index is 12.4. The molecule has 1 aliphatic rings. The molecular weight excluding hydrogens is 284 g/mol. The molecule has 0 aliphatic carbocycles. The number of aromatic nitrogens is 1. The van der Waals surface area contributed by atoms with Crippen LogP contribution in [0.3, 0.4) is 0 Å². The molecule has 22 heavy (non-hydrogen) atoms. The van der Waals surface area contributed by atoms with Crippen molar-refractivity contribution in [3.8, 4) is 0 Å². The molecule has 2 heterocycles. The lowest BCUT2D eigenvalue weighted by molar-refractivity contribution is 0.0510. The molecule has 1 aromatic rings. The number of esters is 1.